The number of Topliss-reactive ketones (excluding diaryl/α,β-unsaturated/α-hetero) is 1. The van der Waals surface area contributed by atoms with Crippen LogP contribution in [0.1, 0.15) is 53.3 Å². The van der Waals surface area contributed by atoms with Crippen molar-refractivity contribution in [2.75, 3.05) is 18.6 Å². The van der Waals surface area contributed by atoms with Crippen LogP contribution >= 0.6 is 11.3 Å². The SMILES string of the molecule is COC(=O)c1nc(N2CCCCC2C)sc1C(C)=O. The summed E-state index contributed by atoms with van der Waals surface area (Å²) in [7, 11) is 1.30. The van der Waals surface area contributed by atoms with Gasteiger partial charge in [-0.2, -0.15) is 0 Å². The highest BCUT2D eigenvalue weighted by Crippen LogP contribution is 2.31. The summed E-state index contributed by atoms with van der Waals surface area (Å²) in [5.74, 6) is -0.689. The van der Waals surface area contributed by atoms with Crippen molar-refractivity contribution in [3.8, 4) is 0 Å². The Morgan fingerprint density at radius 3 is 2.74 bits per heavy atom. The van der Waals surface area contributed by atoms with Gasteiger partial charge in [0.05, 0.1) is 7.11 Å². The summed E-state index contributed by atoms with van der Waals surface area (Å²) in [6, 6.07) is 0.394. The van der Waals surface area contributed by atoms with Gasteiger partial charge in [0, 0.05) is 19.5 Å². The summed E-state index contributed by atoms with van der Waals surface area (Å²) < 4.78 is 4.69. The average molecular weight is 282 g/mol. The van der Waals surface area contributed by atoms with Gasteiger partial charge in [0.15, 0.2) is 16.6 Å². The predicted octanol–water partition coefficient (Wildman–Crippen LogP) is 2.51. The van der Waals surface area contributed by atoms with Crippen molar-refractivity contribution >= 4 is 28.2 Å². The molecular weight excluding hydrogens is 264 g/mol. The normalized spacial score (nSPS) is 19.3. The third-order valence-corrected chi connectivity index (χ3v) is 4.56. The molecule has 1 saturated heterocycles. The Bertz CT molecular complexity index is 498. The average Bonchev–Trinajstić information content (AvgIpc) is 2.83. The van der Waals surface area contributed by atoms with Gasteiger partial charge in [-0.25, -0.2) is 9.78 Å². The van der Waals surface area contributed by atoms with E-state index in [9.17, 15) is 9.59 Å². The first kappa shape index (κ1) is 14.0. The highest BCUT2D eigenvalue weighted by Gasteiger charge is 2.27. The highest BCUT2D eigenvalue weighted by molar-refractivity contribution is 7.17. The fraction of sp³-hybridized carbons (Fsp3) is 0.615. The zero-order chi connectivity index (χ0) is 14.0. The molecule has 2 rings (SSSR count). The van der Waals surface area contributed by atoms with E-state index in [0.717, 1.165) is 24.5 Å². The van der Waals surface area contributed by atoms with E-state index in [0.29, 0.717) is 10.9 Å². The molecule has 1 unspecified atom stereocenters. The number of piperidine rings is 1. The minimum Gasteiger partial charge on any atom is -0.464 e. The number of aromatic nitrogens is 1. The van der Waals surface area contributed by atoms with Crippen LogP contribution in [-0.4, -0.2) is 36.4 Å². The molecule has 0 spiro atoms. The second kappa shape index (κ2) is 5.69. The molecule has 104 valence electrons. The van der Waals surface area contributed by atoms with Crippen LogP contribution in [0.3, 0.4) is 0 Å². The monoisotopic (exact) mass is 282 g/mol. The van der Waals surface area contributed by atoms with Crippen molar-refractivity contribution < 1.29 is 14.3 Å². The van der Waals surface area contributed by atoms with Gasteiger partial charge < -0.3 is 9.64 Å². The quantitative estimate of drug-likeness (QED) is 0.629. The number of hydrogen-bond donors (Lipinski definition) is 0. The predicted molar refractivity (Wildman–Crippen MR) is 74.1 cm³/mol. The third-order valence-electron chi connectivity index (χ3n) is 3.36. The molecule has 0 aromatic carbocycles. The van der Waals surface area contributed by atoms with Crippen molar-refractivity contribution in [1.29, 1.82) is 0 Å². The van der Waals surface area contributed by atoms with Crippen molar-refractivity contribution in [1.82, 2.24) is 4.98 Å². The summed E-state index contributed by atoms with van der Waals surface area (Å²) >= 11 is 1.29. The summed E-state index contributed by atoms with van der Waals surface area (Å²) in [5, 5.41) is 0.748. The van der Waals surface area contributed by atoms with Crippen LogP contribution in [0.5, 0.6) is 0 Å². The lowest BCUT2D eigenvalue weighted by molar-refractivity contribution is 0.0591. The number of ether oxygens (including phenoxy) is 1. The summed E-state index contributed by atoms with van der Waals surface area (Å²) in [4.78, 5) is 30.2. The number of hydrogen-bond acceptors (Lipinski definition) is 6. The second-order valence-corrected chi connectivity index (χ2v) is 5.74. The summed E-state index contributed by atoms with van der Waals surface area (Å²) in [6.45, 7) is 4.52. The topological polar surface area (TPSA) is 59.5 Å². The van der Waals surface area contributed by atoms with Crippen LogP contribution in [-0.2, 0) is 4.74 Å². The van der Waals surface area contributed by atoms with Crippen LogP contribution in [0.15, 0.2) is 0 Å². The number of nitrogens with zero attached hydrogens (tertiary/aromatic N) is 2. The Morgan fingerprint density at radius 2 is 2.16 bits per heavy atom. The van der Waals surface area contributed by atoms with Crippen molar-refractivity contribution in [3.63, 3.8) is 0 Å². The van der Waals surface area contributed by atoms with Crippen LogP contribution < -0.4 is 4.90 Å². The molecule has 1 aliphatic rings. The fourth-order valence-corrected chi connectivity index (χ4v) is 3.36. The molecule has 0 amide bonds. The first-order valence-electron chi connectivity index (χ1n) is 6.41. The van der Waals surface area contributed by atoms with Gasteiger partial charge in [-0.1, -0.05) is 11.3 Å². The minimum atomic E-state index is -0.544. The zero-order valence-corrected chi connectivity index (χ0v) is 12.2. The van der Waals surface area contributed by atoms with E-state index in [1.165, 1.54) is 31.8 Å². The van der Waals surface area contributed by atoms with Crippen LogP contribution in [0, 0.1) is 0 Å². The minimum absolute atomic E-state index is 0.145. The molecule has 1 aromatic heterocycles. The lowest BCUT2D eigenvalue weighted by Crippen LogP contribution is -2.37. The molecule has 1 fully saturated rings. The van der Waals surface area contributed by atoms with Gasteiger partial charge in [0.25, 0.3) is 0 Å². The summed E-state index contributed by atoms with van der Waals surface area (Å²) in [6.07, 6.45) is 3.45. The van der Waals surface area contributed by atoms with Crippen LogP contribution in [0.2, 0.25) is 0 Å². The second-order valence-electron chi connectivity index (χ2n) is 4.76. The number of anilines is 1. The van der Waals surface area contributed by atoms with Crippen LogP contribution in [0.4, 0.5) is 5.13 Å². The van der Waals surface area contributed by atoms with Gasteiger partial charge in [-0.15, -0.1) is 0 Å². The molecule has 1 aromatic rings. The molecule has 2 heterocycles. The van der Waals surface area contributed by atoms with Crippen molar-refractivity contribution in [2.24, 2.45) is 0 Å². The standard InChI is InChI=1S/C13H18N2O3S/c1-8-6-4-5-7-15(8)13-14-10(12(17)18-3)11(19-13)9(2)16/h8H,4-7H2,1-3H3. The number of carbonyl (C=O) groups is 2. The first-order chi connectivity index (χ1) is 9.04. The van der Waals surface area contributed by atoms with Crippen molar-refractivity contribution in [3.05, 3.63) is 10.6 Å². The van der Waals surface area contributed by atoms with Gasteiger partial charge in [0.2, 0.25) is 0 Å². The Hall–Kier alpha value is -1.43. The Morgan fingerprint density at radius 1 is 1.42 bits per heavy atom. The Kier molecular flexibility index (Phi) is 4.19. The van der Waals surface area contributed by atoms with Crippen LogP contribution in [0.25, 0.3) is 0 Å². The molecule has 5 nitrogen and oxygen atoms in total. The van der Waals surface area contributed by atoms with E-state index < -0.39 is 5.97 Å². The Balaban J connectivity index is 2.36. The molecular formula is C13H18N2O3S. The first-order valence-corrected chi connectivity index (χ1v) is 7.23. The van der Waals surface area contributed by atoms with E-state index in [-0.39, 0.29) is 11.5 Å². The number of thiazole rings is 1. The molecule has 0 N–H and O–H groups in total. The summed E-state index contributed by atoms with van der Waals surface area (Å²) in [5.41, 5.74) is 0.146. The number of methoxy groups -OCH3 is 1. The fourth-order valence-electron chi connectivity index (χ4n) is 2.29. The smallest absolute Gasteiger partial charge is 0.358 e. The molecule has 0 radical (unpaired) electrons. The van der Waals surface area contributed by atoms with Gasteiger partial charge in [-0.05, 0) is 26.2 Å². The van der Waals surface area contributed by atoms with Crippen molar-refractivity contribution in [2.45, 2.75) is 39.2 Å². The van der Waals surface area contributed by atoms with E-state index in [2.05, 4.69) is 21.5 Å². The lowest BCUT2D eigenvalue weighted by Gasteiger charge is -2.32. The molecule has 0 saturated carbocycles. The van der Waals surface area contributed by atoms with E-state index >= 15 is 0 Å². The largest absolute Gasteiger partial charge is 0.464 e. The molecule has 1 aliphatic heterocycles. The number of rotatable bonds is 3. The Labute approximate surface area is 116 Å². The number of carbonyl (C=O) groups excluding carboxylic acids is 2. The molecule has 0 aliphatic carbocycles. The third kappa shape index (κ3) is 2.78. The zero-order valence-electron chi connectivity index (χ0n) is 11.4. The lowest BCUT2D eigenvalue weighted by atomic mass is 10.1. The molecule has 6 heteroatoms. The molecule has 0 bridgehead atoms. The molecule has 1 atom stereocenters. The van der Waals surface area contributed by atoms with Gasteiger partial charge in [0.1, 0.15) is 4.88 Å². The molecule has 19 heavy (non-hydrogen) atoms. The van der Waals surface area contributed by atoms with Gasteiger partial charge >= 0.3 is 5.97 Å². The maximum atomic E-state index is 11.7. The maximum absolute atomic E-state index is 11.7. The number of esters is 1. The van der Waals surface area contributed by atoms with Gasteiger partial charge in [-0.3, -0.25) is 4.79 Å². The number of ketones is 1. The van der Waals surface area contributed by atoms with E-state index in [4.69, 9.17) is 0 Å². The van der Waals surface area contributed by atoms with E-state index in [1.54, 1.807) is 0 Å². The highest BCUT2D eigenvalue weighted by atomic mass is 32.1. The van der Waals surface area contributed by atoms with E-state index in [1.807, 2.05) is 0 Å². The maximum Gasteiger partial charge on any atom is 0.358 e.